The molecule has 96 valence electrons. The average Bonchev–Trinajstić information content (AvgIpc) is 2.23. The molecule has 0 saturated heterocycles. The van der Waals surface area contributed by atoms with Crippen LogP contribution in [-0.4, -0.2) is 17.8 Å². The minimum absolute atomic E-state index is 0.0525. The molecule has 0 aliphatic heterocycles. The summed E-state index contributed by atoms with van der Waals surface area (Å²) >= 11 is 0. The zero-order chi connectivity index (χ0) is 13.0. The number of benzene rings is 1. The second kappa shape index (κ2) is 6.18. The monoisotopic (exact) mass is 235 g/mol. The summed E-state index contributed by atoms with van der Waals surface area (Å²) in [7, 11) is 0. The second-order valence-electron chi connectivity index (χ2n) is 5.38. The third kappa shape index (κ3) is 3.83. The van der Waals surface area contributed by atoms with Crippen molar-refractivity contribution in [2.45, 2.75) is 46.1 Å². The van der Waals surface area contributed by atoms with Gasteiger partial charge in [-0.3, -0.25) is 0 Å². The van der Waals surface area contributed by atoms with Crippen molar-refractivity contribution in [1.82, 2.24) is 0 Å². The lowest BCUT2D eigenvalue weighted by atomic mass is 9.87. The molecule has 0 aliphatic rings. The lowest BCUT2D eigenvalue weighted by Crippen LogP contribution is -2.27. The SMILES string of the molecule is Cc1ccc(C(CN)C(O)CC(C)C)cc1C. The van der Waals surface area contributed by atoms with Crippen LogP contribution in [0.15, 0.2) is 18.2 Å². The largest absolute Gasteiger partial charge is 0.392 e. The van der Waals surface area contributed by atoms with Gasteiger partial charge in [-0.25, -0.2) is 0 Å². The number of aliphatic hydroxyl groups excluding tert-OH is 1. The molecule has 0 saturated carbocycles. The van der Waals surface area contributed by atoms with Crippen molar-refractivity contribution in [3.05, 3.63) is 34.9 Å². The minimum atomic E-state index is -0.345. The first-order valence-corrected chi connectivity index (χ1v) is 6.41. The summed E-state index contributed by atoms with van der Waals surface area (Å²) in [5.41, 5.74) is 9.51. The van der Waals surface area contributed by atoms with Gasteiger partial charge in [-0.1, -0.05) is 32.0 Å². The highest BCUT2D eigenvalue weighted by Gasteiger charge is 2.20. The third-order valence-electron chi connectivity index (χ3n) is 3.39. The van der Waals surface area contributed by atoms with E-state index in [1.54, 1.807) is 0 Å². The minimum Gasteiger partial charge on any atom is -0.392 e. The molecule has 0 amide bonds. The van der Waals surface area contributed by atoms with E-state index in [2.05, 4.69) is 45.9 Å². The van der Waals surface area contributed by atoms with Gasteiger partial charge < -0.3 is 10.8 Å². The number of hydrogen-bond acceptors (Lipinski definition) is 2. The van der Waals surface area contributed by atoms with Crippen LogP contribution in [0.5, 0.6) is 0 Å². The first kappa shape index (κ1) is 14.2. The van der Waals surface area contributed by atoms with E-state index in [-0.39, 0.29) is 12.0 Å². The Labute approximate surface area is 105 Å². The molecule has 2 heteroatoms. The Morgan fingerprint density at radius 2 is 1.82 bits per heavy atom. The van der Waals surface area contributed by atoms with Crippen LogP contribution in [0, 0.1) is 19.8 Å². The van der Waals surface area contributed by atoms with E-state index >= 15 is 0 Å². The maximum Gasteiger partial charge on any atom is 0.0623 e. The van der Waals surface area contributed by atoms with Crippen LogP contribution in [0.2, 0.25) is 0 Å². The van der Waals surface area contributed by atoms with Crippen molar-refractivity contribution in [3.63, 3.8) is 0 Å². The number of rotatable bonds is 5. The maximum atomic E-state index is 10.2. The van der Waals surface area contributed by atoms with Crippen molar-refractivity contribution in [1.29, 1.82) is 0 Å². The fourth-order valence-electron chi connectivity index (χ4n) is 2.16. The average molecular weight is 235 g/mol. The normalized spacial score (nSPS) is 15.0. The van der Waals surface area contributed by atoms with Gasteiger partial charge in [-0.2, -0.15) is 0 Å². The smallest absolute Gasteiger partial charge is 0.0623 e. The van der Waals surface area contributed by atoms with Crippen LogP contribution in [0.3, 0.4) is 0 Å². The maximum absolute atomic E-state index is 10.2. The molecule has 0 bridgehead atoms. The summed E-state index contributed by atoms with van der Waals surface area (Å²) in [4.78, 5) is 0. The molecule has 0 aromatic heterocycles. The van der Waals surface area contributed by atoms with E-state index in [1.807, 2.05) is 0 Å². The molecular weight excluding hydrogens is 210 g/mol. The van der Waals surface area contributed by atoms with Gasteiger partial charge in [0.15, 0.2) is 0 Å². The molecule has 2 unspecified atom stereocenters. The fraction of sp³-hybridized carbons (Fsp3) is 0.600. The van der Waals surface area contributed by atoms with Crippen LogP contribution in [0.4, 0.5) is 0 Å². The molecule has 17 heavy (non-hydrogen) atoms. The van der Waals surface area contributed by atoms with E-state index in [1.165, 1.54) is 11.1 Å². The van der Waals surface area contributed by atoms with Crippen molar-refractivity contribution >= 4 is 0 Å². The van der Waals surface area contributed by atoms with E-state index < -0.39 is 0 Å². The Hall–Kier alpha value is -0.860. The molecule has 2 atom stereocenters. The van der Waals surface area contributed by atoms with Crippen LogP contribution < -0.4 is 5.73 Å². The van der Waals surface area contributed by atoms with Crippen LogP contribution in [-0.2, 0) is 0 Å². The van der Waals surface area contributed by atoms with Gasteiger partial charge in [0.2, 0.25) is 0 Å². The number of aliphatic hydroxyl groups is 1. The lowest BCUT2D eigenvalue weighted by Gasteiger charge is -2.24. The summed E-state index contributed by atoms with van der Waals surface area (Å²) in [6, 6.07) is 6.34. The summed E-state index contributed by atoms with van der Waals surface area (Å²) < 4.78 is 0. The van der Waals surface area contributed by atoms with Crippen molar-refractivity contribution in [3.8, 4) is 0 Å². The summed E-state index contributed by atoms with van der Waals surface area (Å²) in [5.74, 6) is 0.544. The molecule has 1 rings (SSSR count). The predicted octanol–water partition coefficient (Wildman–Crippen LogP) is 2.75. The van der Waals surface area contributed by atoms with Gasteiger partial charge in [0, 0.05) is 12.5 Å². The molecule has 2 nitrogen and oxygen atoms in total. The standard InChI is InChI=1S/C15H25NO/c1-10(2)7-15(17)14(9-16)13-6-5-11(3)12(4)8-13/h5-6,8,10,14-15,17H,7,9,16H2,1-4H3. The quantitative estimate of drug-likeness (QED) is 0.824. The number of nitrogens with two attached hydrogens (primary N) is 1. The van der Waals surface area contributed by atoms with E-state index in [9.17, 15) is 5.11 Å². The van der Waals surface area contributed by atoms with Crippen LogP contribution >= 0.6 is 0 Å². The Morgan fingerprint density at radius 1 is 1.18 bits per heavy atom. The van der Waals surface area contributed by atoms with E-state index in [4.69, 9.17) is 5.73 Å². The highest BCUT2D eigenvalue weighted by Crippen LogP contribution is 2.24. The van der Waals surface area contributed by atoms with Crippen molar-refractivity contribution < 1.29 is 5.11 Å². The molecule has 1 aromatic carbocycles. The molecule has 0 fully saturated rings. The highest BCUT2D eigenvalue weighted by molar-refractivity contribution is 5.32. The van der Waals surface area contributed by atoms with Gasteiger partial charge in [0.05, 0.1) is 6.10 Å². The number of aryl methyl sites for hydroxylation is 2. The number of hydrogen-bond donors (Lipinski definition) is 2. The van der Waals surface area contributed by atoms with Crippen molar-refractivity contribution in [2.75, 3.05) is 6.54 Å². The molecule has 3 N–H and O–H groups in total. The zero-order valence-corrected chi connectivity index (χ0v) is 11.4. The lowest BCUT2D eigenvalue weighted by molar-refractivity contribution is 0.121. The molecule has 0 aliphatic carbocycles. The first-order valence-electron chi connectivity index (χ1n) is 6.41. The van der Waals surface area contributed by atoms with Gasteiger partial charge in [-0.15, -0.1) is 0 Å². The van der Waals surface area contributed by atoms with E-state index in [0.29, 0.717) is 12.5 Å². The Morgan fingerprint density at radius 3 is 2.29 bits per heavy atom. The summed E-state index contributed by atoms with van der Waals surface area (Å²) in [6.07, 6.45) is 0.455. The van der Waals surface area contributed by atoms with E-state index in [0.717, 1.165) is 12.0 Å². The van der Waals surface area contributed by atoms with Gasteiger partial charge >= 0.3 is 0 Å². The van der Waals surface area contributed by atoms with Gasteiger partial charge in [0.25, 0.3) is 0 Å². The molecular formula is C15H25NO. The molecule has 0 radical (unpaired) electrons. The summed E-state index contributed by atoms with van der Waals surface area (Å²) in [6.45, 7) is 8.94. The van der Waals surface area contributed by atoms with Gasteiger partial charge in [0.1, 0.15) is 0 Å². The molecule has 1 aromatic rings. The second-order valence-corrected chi connectivity index (χ2v) is 5.38. The van der Waals surface area contributed by atoms with Crippen molar-refractivity contribution in [2.24, 2.45) is 11.7 Å². The topological polar surface area (TPSA) is 46.2 Å². The van der Waals surface area contributed by atoms with Crippen LogP contribution in [0.25, 0.3) is 0 Å². The highest BCUT2D eigenvalue weighted by atomic mass is 16.3. The molecule has 0 spiro atoms. The zero-order valence-electron chi connectivity index (χ0n) is 11.4. The Bertz CT molecular complexity index is 360. The Kier molecular flexibility index (Phi) is 5.16. The first-order chi connectivity index (χ1) is 7.95. The fourth-order valence-corrected chi connectivity index (χ4v) is 2.16. The predicted molar refractivity (Wildman–Crippen MR) is 73.2 cm³/mol. The van der Waals surface area contributed by atoms with Gasteiger partial charge in [-0.05, 0) is 42.9 Å². The van der Waals surface area contributed by atoms with Crippen LogP contribution in [0.1, 0.15) is 42.9 Å². The Balaban J connectivity index is 2.89. The summed E-state index contributed by atoms with van der Waals surface area (Å²) in [5, 5.41) is 10.2. The third-order valence-corrected chi connectivity index (χ3v) is 3.39. The molecule has 0 heterocycles.